The number of ether oxygens (including phenoxy) is 1. The molecular weight excluding hydrogens is 326 g/mol. The van der Waals surface area contributed by atoms with Gasteiger partial charge in [-0.1, -0.05) is 13.8 Å². The summed E-state index contributed by atoms with van der Waals surface area (Å²) in [4.78, 5) is 24.6. The molecular formula is C18H21NO4S. The fraction of sp³-hybridized carbons (Fsp3) is 0.444. The molecule has 0 spiro atoms. The zero-order valence-electron chi connectivity index (χ0n) is 14.0. The smallest absolute Gasteiger partial charge is 0.330 e. The Morgan fingerprint density at radius 3 is 2.75 bits per heavy atom. The molecule has 128 valence electrons. The van der Waals surface area contributed by atoms with Crippen LogP contribution in [0.25, 0.3) is 10.1 Å². The van der Waals surface area contributed by atoms with Gasteiger partial charge < -0.3 is 15.2 Å². The van der Waals surface area contributed by atoms with Crippen LogP contribution in [0.5, 0.6) is 0 Å². The molecule has 3 rings (SSSR count). The summed E-state index contributed by atoms with van der Waals surface area (Å²) in [6.07, 6.45) is 0.0912. The molecule has 1 fully saturated rings. The van der Waals surface area contributed by atoms with Crippen LogP contribution in [0.3, 0.4) is 0 Å². The SMILES string of the molecule is CCO[C@H]1C[C@@](NC(=O)c2ccc3sccc3c2)(C(=O)O)C1(C)C. The lowest BCUT2D eigenvalue weighted by Gasteiger charge is -2.58. The molecule has 1 amide bonds. The average Bonchev–Trinajstić information content (AvgIpc) is 3.00. The van der Waals surface area contributed by atoms with Gasteiger partial charge in [0.15, 0.2) is 0 Å². The molecule has 2 atom stereocenters. The lowest BCUT2D eigenvalue weighted by atomic mass is 9.54. The molecule has 2 N–H and O–H groups in total. The first-order valence-corrected chi connectivity index (χ1v) is 8.84. The van der Waals surface area contributed by atoms with E-state index in [2.05, 4.69) is 5.32 Å². The maximum atomic E-state index is 12.7. The van der Waals surface area contributed by atoms with Crippen LogP contribution in [0.4, 0.5) is 0 Å². The summed E-state index contributed by atoms with van der Waals surface area (Å²) >= 11 is 1.60. The fourth-order valence-electron chi connectivity index (χ4n) is 3.41. The highest BCUT2D eigenvalue weighted by molar-refractivity contribution is 7.17. The molecule has 1 aliphatic carbocycles. The maximum absolute atomic E-state index is 12.7. The van der Waals surface area contributed by atoms with Crippen molar-refractivity contribution >= 4 is 33.3 Å². The Balaban J connectivity index is 1.86. The van der Waals surface area contributed by atoms with Gasteiger partial charge in [0.1, 0.15) is 5.54 Å². The van der Waals surface area contributed by atoms with Crippen LogP contribution in [-0.4, -0.2) is 35.2 Å². The number of carbonyl (C=O) groups is 2. The fourth-order valence-corrected chi connectivity index (χ4v) is 4.18. The highest BCUT2D eigenvalue weighted by Crippen LogP contribution is 2.51. The molecule has 0 saturated heterocycles. The second-order valence-corrected chi connectivity index (χ2v) is 7.66. The summed E-state index contributed by atoms with van der Waals surface area (Å²) < 4.78 is 6.72. The number of nitrogens with one attached hydrogen (secondary N) is 1. The third-order valence-electron chi connectivity index (χ3n) is 5.17. The third-order valence-corrected chi connectivity index (χ3v) is 6.07. The number of benzene rings is 1. The lowest BCUT2D eigenvalue weighted by Crippen LogP contribution is -2.76. The quantitative estimate of drug-likeness (QED) is 0.870. The minimum Gasteiger partial charge on any atom is -0.479 e. The van der Waals surface area contributed by atoms with Crippen molar-refractivity contribution in [2.24, 2.45) is 5.41 Å². The first kappa shape index (κ1) is 16.9. The number of hydrogen-bond acceptors (Lipinski definition) is 4. The van der Waals surface area contributed by atoms with Gasteiger partial charge in [-0.3, -0.25) is 4.79 Å². The maximum Gasteiger partial charge on any atom is 0.330 e. The van der Waals surface area contributed by atoms with Crippen LogP contribution < -0.4 is 5.32 Å². The first-order valence-electron chi connectivity index (χ1n) is 7.96. The summed E-state index contributed by atoms with van der Waals surface area (Å²) in [7, 11) is 0. The number of thiophene rings is 1. The monoisotopic (exact) mass is 347 g/mol. The molecule has 24 heavy (non-hydrogen) atoms. The Bertz CT molecular complexity index is 797. The molecule has 0 radical (unpaired) electrons. The molecule has 0 bridgehead atoms. The van der Waals surface area contributed by atoms with Crippen LogP contribution in [0, 0.1) is 5.41 Å². The van der Waals surface area contributed by atoms with Crippen molar-refractivity contribution in [3.8, 4) is 0 Å². The van der Waals surface area contributed by atoms with Crippen molar-refractivity contribution in [3.63, 3.8) is 0 Å². The van der Waals surface area contributed by atoms with Gasteiger partial charge in [-0.2, -0.15) is 0 Å². The molecule has 1 aromatic carbocycles. The predicted octanol–water partition coefficient (Wildman–Crippen LogP) is 3.29. The Kier molecular flexibility index (Phi) is 4.13. The van der Waals surface area contributed by atoms with Crippen LogP contribution in [0.15, 0.2) is 29.6 Å². The minimum atomic E-state index is -1.31. The van der Waals surface area contributed by atoms with E-state index in [9.17, 15) is 14.7 Å². The molecule has 5 nitrogen and oxygen atoms in total. The second kappa shape index (κ2) is 5.86. The summed E-state index contributed by atoms with van der Waals surface area (Å²) in [5.41, 5.74) is -1.53. The summed E-state index contributed by atoms with van der Waals surface area (Å²) in [5.74, 6) is -1.39. The van der Waals surface area contributed by atoms with Gasteiger partial charge in [-0.05, 0) is 42.0 Å². The second-order valence-electron chi connectivity index (χ2n) is 6.71. The third kappa shape index (κ3) is 2.41. The number of carboxylic acids is 1. The van der Waals surface area contributed by atoms with Crippen molar-refractivity contribution < 1.29 is 19.4 Å². The number of rotatable bonds is 5. The molecule has 6 heteroatoms. The van der Waals surface area contributed by atoms with Crippen molar-refractivity contribution in [1.29, 1.82) is 0 Å². The molecule has 0 unspecified atom stereocenters. The Morgan fingerprint density at radius 1 is 1.38 bits per heavy atom. The number of amides is 1. The molecule has 1 saturated carbocycles. The van der Waals surface area contributed by atoms with E-state index in [-0.39, 0.29) is 18.4 Å². The van der Waals surface area contributed by atoms with Gasteiger partial charge in [0.05, 0.1) is 6.10 Å². The summed E-state index contributed by atoms with van der Waals surface area (Å²) in [6.45, 7) is 6.05. The topological polar surface area (TPSA) is 75.6 Å². The zero-order chi connectivity index (χ0) is 17.5. The highest BCUT2D eigenvalue weighted by atomic mass is 32.1. The molecule has 1 heterocycles. The van der Waals surface area contributed by atoms with E-state index in [4.69, 9.17) is 4.74 Å². The average molecular weight is 347 g/mol. The summed E-state index contributed by atoms with van der Waals surface area (Å²) in [5, 5.41) is 15.5. The van der Waals surface area contributed by atoms with Crippen molar-refractivity contribution in [3.05, 3.63) is 35.2 Å². The van der Waals surface area contributed by atoms with E-state index in [0.29, 0.717) is 12.2 Å². The number of hydrogen-bond donors (Lipinski definition) is 2. The van der Waals surface area contributed by atoms with Crippen molar-refractivity contribution in [2.45, 2.75) is 38.8 Å². The Hall–Kier alpha value is -1.92. The van der Waals surface area contributed by atoms with Gasteiger partial charge in [0.25, 0.3) is 5.91 Å². The van der Waals surface area contributed by atoms with E-state index in [0.717, 1.165) is 10.1 Å². The molecule has 1 aromatic heterocycles. The van der Waals surface area contributed by atoms with Crippen LogP contribution >= 0.6 is 11.3 Å². The molecule has 0 aliphatic heterocycles. The van der Waals surface area contributed by atoms with Crippen molar-refractivity contribution in [2.75, 3.05) is 6.61 Å². The van der Waals surface area contributed by atoms with E-state index < -0.39 is 16.9 Å². The number of carboxylic acid groups (broad SMARTS) is 1. The number of fused-ring (bicyclic) bond motifs is 1. The lowest BCUT2D eigenvalue weighted by molar-refractivity contribution is -0.190. The number of aliphatic carboxylic acids is 1. The van der Waals surface area contributed by atoms with Crippen LogP contribution in [-0.2, 0) is 9.53 Å². The van der Waals surface area contributed by atoms with E-state index in [1.54, 1.807) is 23.5 Å². The van der Waals surface area contributed by atoms with E-state index in [1.807, 2.05) is 38.3 Å². The highest BCUT2D eigenvalue weighted by Gasteiger charge is 2.66. The summed E-state index contributed by atoms with van der Waals surface area (Å²) in [6, 6.07) is 7.36. The normalized spacial score (nSPS) is 25.2. The van der Waals surface area contributed by atoms with Gasteiger partial charge in [-0.15, -0.1) is 11.3 Å². The van der Waals surface area contributed by atoms with Gasteiger partial charge >= 0.3 is 5.97 Å². The first-order chi connectivity index (χ1) is 11.3. The Labute approximate surface area is 144 Å². The molecule has 1 aliphatic rings. The van der Waals surface area contributed by atoms with Crippen molar-refractivity contribution in [1.82, 2.24) is 5.32 Å². The van der Waals surface area contributed by atoms with Crippen LogP contribution in [0.1, 0.15) is 37.6 Å². The van der Waals surface area contributed by atoms with Crippen LogP contribution in [0.2, 0.25) is 0 Å². The Morgan fingerprint density at radius 2 is 2.12 bits per heavy atom. The standard InChI is InChI=1S/C18H21NO4S/c1-4-23-14-10-18(16(21)22,17(14,2)3)19-15(20)12-5-6-13-11(9-12)7-8-24-13/h5-9,14H,4,10H2,1-3H3,(H,19,20)(H,21,22)/t14-,18+/m0/s1. The largest absolute Gasteiger partial charge is 0.479 e. The zero-order valence-corrected chi connectivity index (χ0v) is 14.8. The molecule has 2 aromatic rings. The predicted molar refractivity (Wildman–Crippen MR) is 93.5 cm³/mol. The van der Waals surface area contributed by atoms with Gasteiger partial charge in [-0.25, -0.2) is 4.79 Å². The number of carbonyl (C=O) groups excluding carboxylic acids is 1. The minimum absolute atomic E-state index is 0.182. The van der Waals surface area contributed by atoms with Gasteiger partial charge in [0, 0.05) is 28.7 Å². The van der Waals surface area contributed by atoms with E-state index >= 15 is 0 Å². The van der Waals surface area contributed by atoms with Gasteiger partial charge in [0.2, 0.25) is 0 Å². The van der Waals surface area contributed by atoms with E-state index in [1.165, 1.54) is 0 Å².